The molecule has 2 unspecified atom stereocenters. The van der Waals surface area contributed by atoms with Crippen molar-refractivity contribution in [2.24, 2.45) is 5.92 Å². The van der Waals surface area contributed by atoms with Gasteiger partial charge in [0.25, 0.3) is 0 Å². The highest BCUT2D eigenvalue weighted by molar-refractivity contribution is 9.10. The number of hydrogen-bond acceptors (Lipinski definition) is 2. The summed E-state index contributed by atoms with van der Waals surface area (Å²) in [5.41, 5.74) is 1.25. The minimum atomic E-state index is -0.0802. The maximum Gasteiger partial charge on any atom is 0.0677 e. The summed E-state index contributed by atoms with van der Waals surface area (Å²) >= 11 is 3.55. The zero-order valence-corrected chi connectivity index (χ0v) is 14.8. The topological polar surface area (TPSA) is 21.3 Å². The summed E-state index contributed by atoms with van der Waals surface area (Å²) < 4.78 is 7.39. The van der Waals surface area contributed by atoms with E-state index in [9.17, 15) is 0 Å². The van der Waals surface area contributed by atoms with Crippen molar-refractivity contribution >= 4 is 15.9 Å². The molecule has 0 saturated carbocycles. The quantitative estimate of drug-likeness (QED) is 0.888. The van der Waals surface area contributed by atoms with Gasteiger partial charge in [0.15, 0.2) is 0 Å². The van der Waals surface area contributed by atoms with Crippen LogP contribution in [0.4, 0.5) is 0 Å². The van der Waals surface area contributed by atoms with Crippen molar-refractivity contribution in [3.05, 3.63) is 34.3 Å². The molecule has 1 heterocycles. The summed E-state index contributed by atoms with van der Waals surface area (Å²) in [4.78, 5) is 0. The van der Waals surface area contributed by atoms with Crippen molar-refractivity contribution < 1.29 is 4.74 Å². The molecule has 2 rings (SSSR count). The van der Waals surface area contributed by atoms with Gasteiger partial charge in [-0.25, -0.2) is 0 Å². The van der Waals surface area contributed by atoms with Crippen molar-refractivity contribution in [2.75, 3.05) is 7.05 Å². The molecule has 1 aromatic rings. The number of nitrogens with one attached hydrogen (secondary N) is 1. The first-order valence-corrected chi connectivity index (χ1v) is 8.15. The van der Waals surface area contributed by atoms with Crippen LogP contribution in [0, 0.1) is 5.92 Å². The molecule has 0 bridgehead atoms. The summed E-state index contributed by atoms with van der Waals surface area (Å²) in [6.07, 6.45) is 2.13. The first kappa shape index (κ1) is 16.0. The highest BCUT2D eigenvalue weighted by Gasteiger charge is 2.48. The Hall–Kier alpha value is -0.380. The van der Waals surface area contributed by atoms with Crippen LogP contribution >= 0.6 is 15.9 Å². The van der Waals surface area contributed by atoms with E-state index in [1.807, 2.05) is 0 Å². The third-order valence-corrected chi connectivity index (χ3v) is 4.84. The van der Waals surface area contributed by atoms with Crippen LogP contribution in [0.15, 0.2) is 28.7 Å². The number of rotatable bonds is 4. The average molecular weight is 340 g/mol. The summed E-state index contributed by atoms with van der Waals surface area (Å²) in [5.74, 6) is 0.515. The molecule has 0 aliphatic carbocycles. The van der Waals surface area contributed by atoms with E-state index in [-0.39, 0.29) is 11.2 Å². The molecule has 0 amide bonds. The SMILES string of the molecule is CNC(Cc1cccc(Br)c1)C1CC(C)(C)OC1(C)C. The summed E-state index contributed by atoms with van der Waals surface area (Å²) in [5, 5.41) is 3.51. The van der Waals surface area contributed by atoms with Gasteiger partial charge < -0.3 is 10.1 Å². The number of halogens is 1. The van der Waals surface area contributed by atoms with E-state index < -0.39 is 0 Å². The second kappa shape index (κ2) is 5.78. The lowest BCUT2D eigenvalue weighted by atomic mass is 9.79. The lowest BCUT2D eigenvalue weighted by Gasteiger charge is -2.33. The Morgan fingerprint density at radius 1 is 1.35 bits per heavy atom. The number of hydrogen-bond donors (Lipinski definition) is 1. The van der Waals surface area contributed by atoms with Gasteiger partial charge in [-0.15, -0.1) is 0 Å². The fourth-order valence-corrected chi connectivity index (χ4v) is 4.04. The van der Waals surface area contributed by atoms with Crippen molar-refractivity contribution in [3.8, 4) is 0 Å². The largest absolute Gasteiger partial charge is 0.369 e. The van der Waals surface area contributed by atoms with Gasteiger partial charge >= 0.3 is 0 Å². The van der Waals surface area contributed by atoms with E-state index in [1.165, 1.54) is 5.56 Å². The van der Waals surface area contributed by atoms with Crippen LogP contribution in [0.25, 0.3) is 0 Å². The normalized spacial score (nSPS) is 25.6. The van der Waals surface area contributed by atoms with E-state index in [0.29, 0.717) is 12.0 Å². The Morgan fingerprint density at radius 3 is 2.55 bits per heavy atom. The van der Waals surface area contributed by atoms with Crippen LogP contribution in [-0.2, 0) is 11.2 Å². The molecule has 2 atom stereocenters. The maximum absolute atomic E-state index is 6.24. The maximum atomic E-state index is 6.24. The fraction of sp³-hybridized carbons (Fsp3) is 0.647. The van der Waals surface area contributed by atoms with Gasteiger partial charge in [-0.05, 0) is 65.3 Å². The minimum absolute atomic E-state index is 0.0272. The Morgan fingerprint density at radius 2 is 2.05 bits per heavy atom. The van der Waals surface area contributed by atoms with E-state index >= 15 is 0 Å². The van der Waals surface area contributed by atoms with Crippen LogP contribution in [0.5, 0.6) is 0 Å². The van der Waals surface area contributed by atoms with Crippen molar-refractivity contribution in [1.82, 2.24) is 5.32 Å². The molecular weight excluding hydrogens is 314 g/mol. The summed E-state index contributed by atoms with van der Waals surface area (Å²) in [6, 6.07) is 9.01. The Kier molecular flexibility index (Phi) is 4.63. The van der Waals surface area contributed by atoms with Gasteiger partial charge in [0.05, 0.1) is 11.2 Å². The van der Waals surface area contributed by atoms with Gasteiger partial charge in [0.1, 0.15) is 0 Å². The molecule has 1 fully saturated rings. The molecule has 1 aliphatic rings. The molecule has 1 saturated heterocycles. The number of likely N-dealkylation sites (N-methyl/N-ethyl adjacent to an activating group) is 1. The second-order valence-electron chi connectivity index (χ2n) is 7.01. The molecule has 1 N–H and O–H groups in total. The van der Waals surface area contributed by atoms with E-state index in [2.05, 4.69) is 80.3 Å². The van der Waals surface area contributed by atoms with Gasteiger partial charge in [-0.2, -0.15) is 0 Å². The zero-order chi connectivity index (χ0) is 15.0. The summed E-state index contributed by atoms with van der Waals surface area (Å²) in [7, 11) is 2.06. The van der Waals surface area contributed by atoms with Crippen LogP contribution in [0.3, 0.4) is 0 Å². The number of ether oxygens (including phenoxy) is 1. The molecule has 3 heteroatoms. The average Bonchev–Trinajstić information content (AvgIpc) is 2.54. The zero-order valence-electron chi connectivity index (χ0n) is 13.2. The first-order chi connectivity index (χ1) is 9.23. The van der Waals surface area contributed by atoms with Crippen molar-refractivity contribution in [1.29, 1.82) is 0 Å². The predicted molar refractivity (Wildman–Crippen MR) is 88.0 cm³/mol. The van der Waals surface area contributed by atoms with Gasteiger partial charge in [0, 0.05) is 16.4 Å². The van der Waals surface area contributed by atoms with Gasteiger partial charge in [0.2, 0.25) is 0 Å². The van der Waals surface area contributed by atoms with Crippen LogP contribution in [-0.4, -0.2) is 24.3 Å². The fourth-order valence-electron chi connectivity index (χ4n) is 3.59. The third kappa shape index (κ3) is 3.63. The molecule has 2 nitrogen and oxygen atoms in total. The Bertz CT molecular complexity index is 470. The monoisotopic (exact) mass is 339 g/mol. The standard InChI is InChI=1S/C17H26BrNO/c1-16(2)11-14(17(3,4)20-16)15(19-5)10-12-7-6-8-13(18)9-12/h6-9,14-15,19H,10-11H2,1-5H3. The summed E-state index contributed by atoms with van der Waals surface area (Å²) in [6.45, 7) is 8.83. The first-order valence-electron chi connectivity index (χ1n) is 7.35. The molecule has 0 radical (unpaired) electrons. The smallest absolute Gasteiger partial charge is 0.0677 e. The molecule has 1 aliphatic heterocycles. The van der Waals surface area contributed by atoms with Crippen molar-refractivity contribution in [3.63, 3.8) is 0 Å². The van der Waals surface area contributed by atoms with E-state index in [0.717, 1.165) is 17.3 Å². The molecule has 1 aromatic carbocycles. The van der Waals surface area contributed by atoms with E-state index in [4.69, 9.17) is 4.74 Å². The lowest BCUT2D eigenvalue weighted by molar-refractivity contribution is -0.0774. The molecule has 0 spiro atoms. The highest BCUT2D eigenvalue weighted by atomic mass is 79.9. The van der Waals surface area contributed by atoms with Gasteiger partial charge in [-0.1, -0.05) is 28.1 Å². The van der Waals surface area contributed by atoms with Crippen LogP contribution in [0.1, 0.15) is 39.7 Å². The predicted octanol–water partition coefficient (Wildman–Crippen LogP) is 4.17. The lowest BCUT2D eigenvalue weighted by Crippen LogP contribution is -2.44. The molecule has 20 heavy (non-hydrogen) atoms. The van der Waals surface area contributed by atoms with Crippen LogP contribution < -0.4 is 5.32 Å². The minimum Gasteiger partial charge on any atom is -0.369 e. The molecular formula is C17H26BrNO. The van der Waals surface area contributed by atoms with Crippen molar-refractivity contribution in [2.45, 2.75) is 57.8 Å². The third-order valence-electron chi connectivity index (χ3n) is 4.34. The Labute approximate surface area is 131 Å². The van der Waals surface area contributed by atoms with Crippen LogP contribution in [0.2, 0.25) is 0 Å². The second-order valence-corrected chi connectivity index (χ2v) is 7.92. The number of benzene rings is 1. The Balaban J connectivity index is 2.16. The highest BCUT2D eigenvalue weighted by Crippen LogP contribution is 2.44. The van der Waals surface area contributed by atoms with Gasteiger partial charge in [-0.3, -0.25) is 0 Å². The molecule has 0 aromatic heterocycles. The molecule has 112 valence electrons. The van der Waals surface area contributed by atoms with E-state index in [1.54, 1.807) is 0 Å².